The molecule has 2 N–H and O–H groups in total. The minimum absolute atomic E-state index is 0.102. The number of likely N-dealkylation sites (tertiary alicyclic amines) is 1. The van der Waals surface area contributed by atoms with Gasteiger partial charge in [-0.25, -0.2) is 0 Å². The number of hydrogen-bond donors (Lipinski definition) is 2. The van der Waals surface area contributed by atoms with Gasteiger partial charge in [-0.2, -0.15) is 0 Å². The number of nitrogens with zero attached hydrogens (tertiary/aromatic N) is 3. The maximum Gasteiger partial charge on any atom is 0.246 e. The summed E-state index contributed by atoms with van der Waals surface area (Å²) in [6.45, 7) is 6.18. The Labute approximate surface area is 277 Å². The highest BCUT2D eigenvalue weighted by Gasteiger charge is 2.72. The SMILES string of the molecule is COc1cccc(NC(=O)[C@H]2[C@H]3C=C[C@]4(O3)[C@H](C(=O)NC3CCCCC3)N(CCCN3CCN(Cc5ccccc5)CC3)C(=O)[C@@H]24)c1. The van der Waals surface area contributed by atoms with Crippen LogP contribution in [-0.2, 0) is 25.7 Å². The third kappa shape index (κ3) is 6.43. The van der Waals surface area contributed by atoms with Crippen LogP contribution in [0.1, 0.15) is 44.1 Å². The molecule has 10 heteroatoms. The highest BCUT2D eigenvalue weighted by Crippen LogP contribution is 2.55. The highest BCUT2D eigenvalue weighted by molar-refractivity contribution is 6.02. The predicted octanol–water partition coefficient (Wildman–Crippen LogP) is 3.44. The molecule has 1 saturated carbocycles. The Hall–Kier alpha value is -3.73. The minimum atomic E-state index is -1.15. The van der Waals surface area contributed by atoms with Crippen LogP contribution in [0.3, 0.4) is 0 Å². The van der Waals surface area contributed by atoms with Crippen LogP contribution in [-0.4, -0.2) is 103 Å². The van der Waals surface area contributed by atoms with E-state index in [0.29, 0.717) is 18.0 Å². The van der Waals surface area contributed by atoms with Gasteiger partial charge in [-0.1, -0.05) is 67.8 Å². The zero-order valence-electron chi connectivity index (χ0n) is 27.3. The summed E-state index contributed by atoms with van der Waals surface area (Å²) < 4.78 is 11.9. The number of piperazine rings is 1. The molecule has 2 aromatic rings. The third-order valence-corrected chi connectivity index (χ3v) is 10.8. The number of rotatable bonds is 11. The van der Waals surface area contributed by atoms with Gasteiger partial charge < -0.3 is 29.9 Å². The fourth-order valence-electron chi connectivity index (χ4n) is 8.44. The zero-order chi connectivity index (χ0) is 32.4. The fourth-order valence-corrected chi connectivity index (χ4v) is 8.44. The molecule has 2 aromatic carbocycles. The number of carbonyl (C=O) groups excluding carboxylic acids is 3. The van der Waals surface area contributed by atoms with E-state index in [1.807, 2.05) is 30.4 Å². The van der Waals surface area contributed by atoms with Gasteiger partial charge in [-0.3, -0.25) is 19.3 Å². The minimum Gasteiger partial charge on any atom is -0.497 e. The second-order valence-corrected chi connectivity index (χ2v) is 13.8. The Morgan fingerprint density at radius 2 is 1.70 bits per heavy atom. The number of fused-ring (bicyclic) bond motifs is 1. The maximum absolute atomic E-state index is 14.4. The molecule has 1 spiro atoms. The summed E-state index contributed by atoms with van der Waals surface area (Å²) in [5.41, 5.74) is 0.768. The number of carbonyl (C=O) groups is 3. The van der Waals surface area contributed by atoms with Crippen LogP contribution >= 0.6 is 0 Å². The largest absolute Gasteiger partial charge is 0.497 e. The highest BCUT2D eigenvalue weighted by atomic mass is 16.5. The van der Waals surface area contributed by atoms with Gasteiger partial charge >= 0.3 is 0 Å². The summed E-state index contributed by atoms with van der Waals surface area (Å²) in [6, 6.07) is 17.0. The zero-order valence-corrected chi connectivity index (χ0v) is 27.3. The standard InChI is InChI=1S/C37H47N5O5/c1-46-29-15-8-14-28(24-29)39-34(43)31-30-16-17-37(47-30)32(31)36(45)42(33(37)35(44)38-27-12-6-3-7-13-27)19-9-18-40-20-22-41(23-21-40)25-26-10-4-2-5-11-26/h2,4-5,8,10-11,14-17,24,27,30-33H,3,6-7,9,12-13,18-23,25H2,1H3,(H,38,44)(H,39,43)/t30-,31+,32-,33+,37-/m1/s1. The molecule has 4 heterocycles. The lowest BCUT2D eigenvalue weighted by atomic mass is 9.74. The molecule has 1 aliphatic carbocycles. The number of nitrogens with one attached hydrogen (secondary N) is 2. The molecular weight excluding hydrogens is 594 g/mol. The van der Waals surface area contributed by atoms with Gasteiger partial charge in [0.25, 0.3) is 0 Å². The molecule has 4 aliphatic heterocycles. The molecule has 0 aromatic heterocycles. The molecule has 4 fully saturated rings. The summed E-state index contributed by atoms with van der Waals surface area (Å²) in [5.74, 6) is -1.48. The lowest BCUT2D eigenvalue weighted by Gasteiger charge is -2.36. The molecule has 3 saturated heterocycles. The average molecular weight is 642 g/mol. The first-order valence-corrected chi connectivity index (χ1v) is 17.4. The van der Waals surface area contributed by atoms with Crippen LogP contribution in [0.25, 0.3) is 0 Å². The van der Waals surface area contributed by atoms with Crippen LogP contribution in [0, 0.1) is 11.8 Å². The first-order chi connectivity index (χ1) is 22.9. The number of ether oxygens (including phenoxy) is 2. The molecule has 2 bridgehead atoms. The second-order valence-electron chi connectivity index (χ2n) is 13.8. The predicted molar refractivity (Wildman–Crippen MR) is 179 cm³/mol. The van der Waals surface area contributed by atoms with Crippen molar-refractivity contribution in [3.63, 3.8) is 0 Å². The molecule has 10 nitrogen and oxygen atoms in total. The molecule has 0 radical (unpaired) electrons. The van der Waals surface area contributed by atoms with Crippen LogP contribution in [0.5, 0.6) is 5.75 Å². The smallest absolute Gasteiger partial charge is 0.246 e. The van der Waals surface area contributed by atoms with Crippen LogP contribution in [0.4, 0.5) is 5.69 Å². The molecular formula is C37H47N5O5. The Morgan fingerprint density at radius 1 is 0.936 bits per heavy atom. The van der Waals surface area contributed by atoms with Gasteiger partial charge in [0.1, 0.15) is 17.4 Å². The third-order valence-electron chi connectivity index (χ3n) is 10.8. The molecule has 0 unspecified atom stereocenters. The molecule has 7 rings (SSSR count). The van der Waals surface area contributed by atoms with Crippen molar-refractivity contribution in [3.05, 3.63) is 72.3 Å². The van der Waals surface area contributed by atoms with Crippen molar-refractivity contribution in [1.29, 1.82) is 0 Å². The van der Waals surface area contributed by atoms with Crippen LogP contribution in [0.2, 0.25) is 0 Å². The Balaban J connectivity index is 1.04. The van der Waals surface area contributed by atoms with Crippen LogP contribution in [0.15, 0.2) is 66.7 Å². The topological polar surface area (TPSA) is 103 Å². The first kappa shape index (κ1) is 31.8. The van der Waals surface area contributed by atoms with E-state index in [4.69, 9.17) is 9.47 Å². The molecule has 3 amide bonds. The van der Waals surface area contributed by atoms with E-state index in [9.17, 15) is 14.4 Å². The van der Waals surface area contributed by atoms with Crippen molar-refractivity contribution in [1.82, 2.24) is 20.0 Å². The van der Waals surface area contributed by atoms with E-state index in [-0.39, 0.29) is 23.8 Å². The van der Waals surface area contributed by atoms with Gasteiger partial charge in [-0.15, -0.1) is 0 Å². The summed E-state index contributed by atoms with van der Waals surface area (Å²) in [6.07, 6.45) is 9.22. The number of amides is 3. The lowest BCUT2D eigenvalue weighted by Crippen LogP contribution is -2.56. The molecule has 5 aliphatic rings. The van der Waals surface area contributed by atoms with E-state index in [1.54, 1.807) is 24.1 Å². The van der Waals surface area contributed by atoms with Gasteiger partial charge in [0.2, 0.25) is 17.7 Å². The maximum atomic E-state index is 14.4. The number of methoxy groups -OCH3 is 1. The average Bonchev–Trinajstić information content (AvgIpc) is 3.74. The van der Waals surface area contributed by atoms with E-state index >= 15 is 0 Å². The summed E-state index contributed by atoms with van der Waals surface area (Å²) in [7, 11) is 1.58. The summed E-state index contributed by atoms with van der Waals surface area (Å²) in [4.78, 5) is 49.0. The quantitative estimate of drug-likeness (QED) is 0.363. The van der Waals surface area contributed by atoms with Crippen molar-refractivity contribution in [2.45, 2.75) is 68.9 Å². The summed E-state index contributed by atoms with van der Waals surface area (Å²) in [5, 5.41) is 6.27. The van der Waals surface area contributed by atoms with Crippen LogP contribution < -0.4 is 15.4 Å². The summed E-state index contributed by atoms with van der Waals surface area (Å²) >= 11 is 0. The van der Waals surface area contributed by atoms with Gasteiger partial charge in [0.15, 0.2) is 0 Å². The number of anilines is 1. The fraction of sp³-hybridized carbons (Fsp3) is 0.541. The van der Waals surface area contributed by atoms with Crippen molar-refractivity contribution in [2.75, 3.05) is 51.7 Å². The monoisotopic (exact) mass is 641 g/mol. The van der Waals surface area contributed by atoms with Crippen molar-refractivity contribution in [2.24, 2.45) is 11.8 Å². The Bertz CT molecular complexity index is 1470. The normalized spacial score (nSPS) is 29.2. The molecule has 5 atom stereocenters. The number of benzene rings is 2. The van der Waals surface area contributed by atoms with E-state index in [1.165, 1.54) is 12.0 Å². The second kappa shape index (κ2) is 13.8. The Morgan fingerprint density at radius 3 is 2.47 bits per heavy atom. The molecule has 250 valence electrons. The Kier molecular flexibility index (Phi) is 9.34. The van der Waals surface area contributed by atoms with Crippen molar-refractivity contribution < 1.29 is 23.9 Å². The van der Waals surface area contributed by atoms with E-state index in [0.717, 1.165) is 71.4 Å². The van der Waals surface area contributed by atoms with E-state index < -0.39 is 29.6 Å². The van der Waals surface area contributed by atoms with Crippen molar-refractivity contribution >= 4 is 23.4 Å². The van der Waals surface area contributed by atoms with Crippen molar-refractivity contribution in [3.8, 4) is 5.75 Å². The van der Waals surface area contributed by atoms with E-state index in [2.05, 4.69) is 44.7 Å². The number of hydrogen-bond acceptors (Lipinski definition) is 7. The lowest BCUT2D eigenvalue weighted by molar-refractivity contribution is -0.141. The first-order valence-electron chi connectivity index (χ1n) is 17.4. The van der Waals surface area contributed by atoms with Gasteiger partial charge in [0, 0.05) is 57.1 Å². The van der Waals surface area contributed by atoms with Gasteiger partial charge in [0.05, 0.1) is 25.0 Å². The molecule has 47 heavy (non-hydrogen) atoms. The van der Waals surface area contributed by atoms with Gasteiger partial charge in [-0.05, 0) is 43.5 Å².